The van der Waals surface area contributed by atoms with Crippen LogP contribution in [0.2, 0.25) is 0 Å². The molecule has 4 rings (SSSR count). The lowest BCUT2D eigenvalue weighted by molar-refractivity contribution is -0.137. The Balaban J connectivity index is 1.34. The summed E-state index contributed by atoms with van der Waals surface area (Å²) in [6.07, 6.45) is -2.76. The Bertz CT molecular complexity index is 1150. The maximum atomic E-state index is 12.9. The number of ether oxygens (including phenoxy) is 1. The number of nitrogens with one attached hydrogen (secondary N) is 1. The number of benzene rings is 2. The van der Waals surface area contributed by atoms with Gasteiger partial charge in [0.25, 0.3) is 0 Å². The Morgan fingerprint density at radius 2 is 1.91 bits per heavy atom. The van der Waals surface area contributed by atoms with Crippen LogP contribution in [0.15, 0.2) is 53.1 Å². The van der Waals surface area contributed by atoms with Crippen molar-refractivity contribution in [3.8, 4) is 17.1 Å². The highest BCUT2D eigenvalue weighted by Crippen LogP contribution is 2.34. The molecule has 3 aromatic rings. The van der Waals surface area contributed by atoms with Gasteiger partial charge < -0.3 is 24.3 Å². The van der Waals surface area contributed by atoms with E-state index in [0.29, 0.717) is 49.1 Å². The molecule has 0 aliphatic carbocycles. The highest BCUT2D eigenvalue weighted by molar-refractivity contribution is 5.75. The predicted molar refractivity (Wildman–Crippen MR) is 121 cm³/mol. The molecule has 1 N–H and O–H groups in total. The number of piperazine rings is 1. The fourth-order valence-electron chi connectivity index (χ4n) is 3.88. The summed E-state index contributed by atoms with van der Waals surface area (Å²) in [4.78, 5) is 20.5. The van der Waals surface area contributed by atoms with E-state index >= 15 is 0 Å². The maximum absolute atomic E-state index is 12.9. The van der Waals surface area contributed by atoms with Crippen molar-refractivity contribution in [3.05, 3.63) is 65.7 Å². The zero-order valence-corrected chi connectivity index (χ0v) is 18.9. The monoisotopic (exact) mass is 474 g/mol. The molecule has 34 heavy (non-hydrogen) atoms. The summed E-state index contributed by atoms with van der Waals surface area (Å²) >= 11 is 0. The van der Waals surface area contributed by atoms with E-state index in [1.165, 1.54) is 6.07 Å². The van der Waals surface area contributed by atoms with Gasteiger partial charge >= 0.3 is 12.2 Å². The van der Waals surface area contributed by atoms with Crippen LogP contribution in [0.3, 0.4) is 0 Å². The fourth-order valence-corrected chi connectivity index (χ4v) is 3.88. The molecule has 1 saturated heterocycles. The number of amides is 2. The first-order valence-corrected chi connectivity index (χ1v) is 10.8. The highest BCUT2D eigenvalue weighted by Gasteiger charge is 2.30. The van der Waals surface area contributed by atoms with Crippen molar-refractivity contribution in [1.29, 1.82) is 0 Å². The van der Waals surface area contributed by atoms with Crippen molar-refractivity contribution in [3.63, 3.8) is 0 Å². The van der Waals surface area contributed by atoms with Crippen LogP contribution in [-0.4, -0.2) is 49.2 Å². The molecule has 1 aromatic heterocycles. The predicted octanol–water partition coefficient (Wildman–Crippen LogP) is 4.71. The number of methoxy groups -OCH3 is 1. The van der Waals surface area contributed by atoms with E-state index in [1.807, 2.05) is 18.2 Å². The molecule has 0 bridgehead atoms. The van der Waals surface area contributed by atoms with Crippen LogP contribution in [0.25, 0.3) is 11.3 Å². The van der Waals surface area contributed by atoms with E-state index < -0.39 is 11.7 Å². The molecule has 2 amide bonds. The Hall–Kier alpha value is -3.69. The Labute approximate surface area is 195 Å². The molecule has 1 aliphatic rings. The van der Waals surface area contributed by atoms with E-state index in [1.54, 1.807) is 31.2 Å². The van der Waals surface area contributed by atoms with Crippen LogP contribution in [0.1, 0.15) is 17.0 Å². The number of halogens is 3. The molecule has 0 atom stereocenters. The third kappa shape index (κ3) is 5.27. The van der Waals surface area contributed by atoms with Gasteiger partial charge in [0.1, 0.15) is 5.75 Å². The van der Waals surface area contributed by atoms with Gasteiger partial charge in [-0.1, -0.05) is 12.1 Å². The van der Waals surface area contributed by atoms with Gasteiger partial charge in [0.2, 0.25) is 0 Å². The Morgan fingerprint density at radius 1 is 1.15 bits per heavy atom. The van der Waals surface area contributed by atoms with Crippen LogP contribution >= 0.6 is 0 Å². The molecular formula is C24H25F3N4O3. The van der Waals surface area contributed by atoms with E-state index in [2.05, 4.69) is 15.2 Å². The largest absolute Gasteiger partial charge is 0.496 e. The number of hydrogen-bond acceptors (Lipinski definition) is 5. The van der Waals surface area contributed by atoms with Crippen LogP contribution < -0.4 is 15.0 Å². The highest BCUT2D eigenvalue weighted by atomic mass is 19.4. The normalized spacial score (nSPS) is 14.3. The van der Waals surface area contributed by atoms with Gasteiger partial charge in [0.15, 0.2) is 11.7 Å². The number of carbonyl (C=O) groups is 1. The number of carbonyl (C=O) groups excluding carboxylic acids is 1. The molecular weight excluding hydrogens is 449 g/mol. The van der Waals surface area contributed by atoms with Gasteiger partial charge in [-0.3, -0.25) is 0 Å². The Morgan fingerprint density at radius 3 is 2.56 bits per heavy atom. The molecule has 0 radical (unpaired) electrons. The molecule has 0 saturated carbocycles. The number of anilines is 1. The van der Waals surface area contributed by atoms with Crippen molar-refractivity contribution in [2.45, 2.75) is 19.6 Å². The first-order chi connectivity index (χ1) is 16.2. The second kappa shape index (κ2) is 9.66. The zero-order valence-electron chi connectivity index (χ0n) is 18.9. The SMILES string of the molecule is COc1cc(N2CCN(C(=O)NCc3cccc(C(F)(F)F)c3)CC2)ccc1-c1cnc(C)o1. The van der Waals surface area contributed by atoms with E-state index in [0.717, 1.165) is 23.4 Å². The lowest BCUT2D eigenvalue weighted by Gasteiger charge is -2.36. The third-order valence-corrected chi connectivity index (χ3v) is 5.70. The van der Waals surface area contributed by atoms with E-state index in [-0.39, 0.29) is 12.6 Å². The van der Waals surface area contributed by atoms with Crippen molar-refractivity contribution in [2.75, 3.05) is 38.2 Å². The number of urea groups is 1. The van der Waals surface area contributed by atoms with Gasteiger partial charge in [-0.05, 0) is 29.8 Å². The Kier molecular flexibility index (Phi) is 6.67. The summed E-state index contributed by atoms with van der Waals surface area (Å²) in [6.45, 7) is 4.00. The number of oxazole rings is 1. The summed E-state index contributed by atoms with van der Waals surface area (Å²) in [5.41, 5.74) is 1.43. The van der Waals surface area contributed by atoms with Gasteiger partial charge in [0.05, 0.1) is 24.4 Å². The van der Waals surface area contributed by atoms with Gasteiger partial charge in [-0.15, -0.1) is 0 Å². The summed E-state index contributed by atoms with van der Waals surface area (Å²) < 4.78 is 49.8. The first-order valence-electron chi connectivity index (χ1n) is 10.8. The average Bonchev–Trinajstić information content (AvgIpc) is 3.28. The van der Waals surface area contributed by atoms with E-state index in [4.69, 9.17) is 9.15 Å². The molecule has 2 aromatic carbocycles. The summed E-state index contributed by atoms with van der Waals surface area (Å²) in [7, 11) is 1.60. The van der Waals surface area contributed by atoms with Crippen LogP contribution in [-0.2, 0) is 12.7 Å². The van der Waals surface area contributed by atoms with Gasteiger partial charge in [0, 0.05) is 51.4 Å². The number of alkyl halides is 3. The van der Waals surface area contributed by atoms with Crippen LogP contribution in [0.4, 0.5) is 23.7 Å². The average molecular weight is 474 g/mol. The van der Waals surface area contributed by atoms with Crippen molar-refractivity contribution < 1.29 is 27.1 Å². The van der Waals surface area contributed by atoms with Crippen LogP contribution in [0, 0.1) is 6.92 Å². The summed E-state index contributed by atoms with van der Waals surface area (Å²) in [6, 6.07) is 10.5. The topological polar surface area (TPSA) is 70.8 Å². The lowest BCUT2D eigenvalue weighted by Crippen LogP contribution is -2.51. The maximum Gasteiger partial charge on any atom is 0.416 e. The first kappa shape index (κ1) is 23.5. The van der Waals surface area contributed by atoms with Crippen molar-refractivity contribution >= 4 is 11.7 Å². The van der Waals surface area contributed by atoms with Crippen molar-refractivity contribution in [2.24, 2.45) is 0 Å². The lowest BCUT2D eigenvalue weighted by atomic mass is 10.1. The van der Waals surface area contributed by atoms with E-state index in [9.17, 15) is 18.0 Å². The minimum atomic E-state index is -4.41. The quantitative estimate of drug-likeness (QED) is 0.580. The molecule has 1 fully saturated rings. The van der Waals surface area contributed by atoms with Gasteiger partial charge in [-0.25, -0.2) is 9.78 Å². The molecule has 0 spiro atoms. The zero-order chi connectivity index (χ0) is 24.3. The molecule has 10 heteroatoms. The van der Waals surface area contributed by atoms with Crippen molar-refractivity contribution in [1.82, 2.24) is 15.2 Å². The number of aryl methyl sites for hydroxylation is 1. The second-order valence-corrected chi connectivity index (χ2v) is 7.96. The smallest absolute Gasteiger partial charge is 0.416 e. The minimum Gasteiger partial charge on any atom is -0.496 e. The summed E-state index contributed by atoms with van der Waals surface area (Å²) in [5, 5.41) is 2.71. The third-order valence-electron chi connectivity index (χ3n) is 5.70. The molecule has 2 heterocycles. The number of nitrogens with zero attached hydrogens (tertiary/aromatic N) is 3. The molecule has 180 valence electrons. The molecule has 1 aliphatic heterocycles. The second-order valence-electron chi connectivity index (χ2n) is 7.96. The molecule has 0 unspecified atom stereocenters. The summed E-state index contributed by atoms with van der Waals surface area (Å²) in [5.74, 6) is 1.86. The molecule has 7 nitrogen and oxygen atoms in total. The standard InChI is InChI=1S/C24H25F3N4O3/c1-16-28-15-22(34-16)20-7-6-19(13-21(20)33-2)30-8-10-31(11-9-30)23(32)29-14-17-4-3-5-18(12-17)24(25,26)27/h3-7,12-13,15H,8-11,14H2,1-2H3,(H,29,32). The number of rotatable bonds is 5. The number of hydrogen-bond donors (Lipinski definition) is 1. The minimum absolute atomic E-state index is 0.0305. The number of aromatic nitrogens is 1. The van der Waals surface area contributed by atoms with Gasteiger partial charge in [-0.2, -0.15) is 13.2 Å². The van der Waals surface area contributed by atoms with Crippen LogP contribution in [0.5, 0.6) is 5.75 Å². The fraction of sp³-hybridized carbons (Fsp3) is 0.333.